The number of allylic oxidation sites excluding steroid dienone is 2. The monoisotopic (exact) mass is 394 g/mol. The van der Waals surface area contributed by atoms with Gasteiger partial charge in [-0.1, -0.05) is 38.5 Å². The van der Waals surface area contributed by atoms with Crippen LogP contribution in [0.5, 0.6) is 0 Å². The number of Topliss-reactive ketones (excluding diaryl/α,β-unsaturated/α-hetero) is 1. The van der Waals surface area contributed by atoms with Gasteiger partial charge in [-0.25, -0.2) is 4.98 Å². The number of hydrogen-bond donors (Lipinski definition) is 1. The quantitative estimate of drug-likeness (QED) is 0.793. The van der Waals surface area contributed by atoms with Gasteiger partial charge in [0, 0.05) is 35.9 Å². The molecule has 2 aromatic rings. The van der Waals surface area contributed by atoms with E-state index in [2.05, 4.69) is 37.1 Å². The molecular weight excluding hydrogens is 368 g/mol. The fraction of sp³-hybridized carbons (Fsp3) is 0.435. The van der Waals surface area contributed by atoms with Crippen LogP contribution in [0.1, 0.15) is 63.1 Å². The average molecular weight is 395 g/mol. The van der Waals surface area contributed by atoms with Crippen molar-refractivity contribution in [2.24, 2.45) is 5.41 Å². The molecule has 4 rings (SSSR count). The first-order chi connectivity index (χ1) is 13.3. The summed E-state index contributed by atoms with van der Waals surface area (Å²) in [7, 11) is 0. The first-order valence-corrected chi connectivity index (χ1v) is 10.7. The van der Waals surface area contributed by atoms with Crippen molar-refractivity contribution < 1.29 is 9.59 Å². The van der Waals surface area contributed by atoms with E-state index in [1.807, 2.05) is 23.7 Å². The molecule has 0 radical (unpaired) electrons. The number of hydrogen-bond acceptors (Lipinski definition) is 4. The van der Waals surface area contributed by atoms with Gasteiger partial charge >= 0.3 is 0 Å². The smallest absolute Gasteiger partial charge is 0.221 e. The molecule has 1 aromatic carbocycles. The van der Waals surface area contributed by atoms with Crippen LogP contribution in [0.25, 0.3) is 0 Å². The molecular formula is C23H26N2O2S. The molecule has 2 aliphatic rings. The number of nitrogens with zero attached hydrogens (tertiary/aromatic N) is 1. The summed E-state index contributed by atoms with van der Waals surface area (Å²) in [5.41, 5.74) is 6.55. The molecule has 2 aliphatic carbocycles. The first-order valence-electron chi connectivity index (χ1n) is 9.83. The molecule has 28 heavy (non-hydrogen) atoms. The van der Waals surface area contributed by atoms with Crippen molar-refractivity contribution in [3.05, 3.63) is 57.1 Å². The molecule has 1 amide bonds. The number of rotatable bonds is 3. The van der Waals surface area contributed by atoms with Crippen molar-refractivity contribution in [3.8, 4) is 0 Å². The summed E-state index contributed by atoms with van der Waals surface area (Å²) in [6, 6.07) is 7.97. The van der Waals surface area contributed by atoms with Crippen molar-refractivity contribution in [2.45, 2.75) is 58.8 Å². The van der Waals surface area contributed by atoms with Crippen LogP contribution in [0.4, 0.5) is 5.69 Å². The fourth-order valence-corrected chi connectivity index (χ4v) is 6.19. The molecule has 1 unspecified atom stereocenters. The molecule has 0 spiro atoms. The maximum Gasteiger partial charge on any atom is 0.221 e. The second kappa shape index (κ2) is 6.66. The molecule has 0 saturated carbocycles. The van der Waals surface area contributed by atoms with E-state index in [1.54, 1.807) is 11.3 Å². The molecule has 1 aromatic heterocycles. The van der Waals surface area contributed by atoms with Crippen LogP contribution in [0, 0.1) is 5.41 Å². The number of benzene rings is 1. The minimum Gasteiger partial charge on any atom is -0.326 e. The SMILES string of the molecule is CCC1(c2cccc(NC(C)=O)c2)C2=C(Cc3ncsc31)CC(C)(C)CC2=O. The van der Waals surface area contributed by atoms with Crippen LogP contribution < -0.4 is 5.32 Å². The van der Waals surface area contributed by atoms with Gasteiger partial charge in [-0.2, -0.15) is 0 Å². The van der Waals surface area contributed by atoms with Gasteiger partial charge in [-0.05, 0) is 36.0 Å². The zero-order valence-electron chi connectivity index (χ0n) is 16.9. The average Bonchev–Trinajstić information content (AvgIpc) is 3.07. The van der Waals surface area contributed by atoms with Crippen LogP contribution in [0.3, 0.4) is 0 Å². The topological polar surface area (TPSA) is 59.1 Å². The standard InChI is InChI=1S/C23H26N2O2S/c1-5-23(16-7-6-8-17(10-16)25-14(2)26)20-15(9-18-21(23)28-13-24-18)11-22(3,4)12-19(20)27/h6-8,10,13H,5,9,11-12H2,1-4H3,(H,25,26). The Morgan fingerprint density at radius 2 is 2.07 bits per heavy atom. The van der Waals surface area contributed by atoms with Gasteiger partial charge in [0.05, 0.1) is 16.6 Å². The van der Waals surface area contributed by atoms with E-state index in [1.165, 1.54) is 17.4 Å². The van der Waals surface area contributed by atoms with Crippen LogP contribution in [-0.2, 0) is 21.4 Å². The molecule has 0 aliphatic heterocycles. The lowest BCUT2D eigenvalue weighted by Crippen LogP contribution is -2.42. The summed E-state index contributed by atoms with van der Waals surface area (Å²) in [6.07, 6.45) is 3.07. The normalized spacial score (nSPS) is 23.2. The van der Waals surface area contributed by atoms with Gasteiger partial charge in [0.2, 0.25) is 5.91 Å². The van der Waals surface area contributed by atoms with Gasteiger partial charge in [-0.15, -0.1) is 11.3 Å². The minimum absolute atomic E-state index is 0.0129. The molecule has 146 valence electrons. The van der Waals surface area contributed by atoms with Crippen LogP contribution in [-0.4, -0.2) is 16.7 Å². The Labute approximate surface area is 170 Å². The van der Waals surface area contributed by atoms with E-state index < -0.39 is 5.41 Å². The number of anilines is 1. The number of fused-ring (bicyclic) bond motifs is 1. The van der Waals surface area contributed by atoms with Gasteiger partial charge in [0.1, 0.15) is 0 Å². The molecule has 1 atom stereocenters. The van der Waals surface area contributed by atoms with Gasteiger partial charge in [-0.3, -0.25) is 9.59 Å². The summed E-state index contributed by atoms with van der Waals surface area (Å²) >= 11 is 1.64. The minimum atomic E-state index is -0.480. The van der Waals surface area contributed by atoms with Crippen molar-refractivity contribution in [1.82, 2.24) is 4.98 Å². The van der Waals surface area contributed by atoms with E-state index in [0.717, 1.165) is 41.8 Å². The predicted molar refractivity (Wildman–Crippen MR) is 113 cm³/mol. The Kier molecular flexibility index (Phi) is 4.53. The highest BCUT2D eigenvalue weighted by Crippen LogP contribution is 2.55. The largest absolute Gasteiger partial charge is 0.326 e. The molecule has 0 saturated heterocycles. The fourth-order valence-electron chi connectivity index (χ4n) is 5.08. The Balaban J connectivity index is 1.97. The van der Waals surface area contributed by atoms with Gasteiger partial charge in [0.15, 0.2) is 5.78 Å². The van der Waals surface area contributed by atoms with Crippen LogP contribution >= 0.6 is 11.3 Å². The number of aromatic nitrogens is 1. The maximum atomic E-state index is 13.4. The summed E-state index contributed by atoms with van der Waals surface area (Å²) in [5.74, 6) is 0.164. The second-order valence-electron chi connectivity index (χ2n) is 8.75. The Morgan fingerprint density at radius 1 is 1.29 bits per heavy atom. The third-order valence-electron chi connectivity index (χ3n) is 6.01. The highest BCUT2D eigenvalue weighted by molar-refractivity contribution is 7.10. The van der Waals surface area contributed by atoms with Crippen LogP contribution in [0.2, 0.25) is 0 Å². The second-order valence-corrected chi connectivity index (χ2v) is 9.60. The Bertz CT molecular complexity index is 1000. The molecule has 1 heterocycles. The van der Waals surface area contributed by atoms with E-state index in [-0.39, 0.29) is 17.1 Å². The number of carbonyl (C=O) groups excluding carboxylic acids is 2. The molecule has 0 fully saturated rings. The zero-order valence-corrected chi connectivity index (χ0v) is 17.7. The van der Waals surface area contributed by atoms with E-state index >= 15 is 0 Å². The third kappa shape index (κ3) is 2.93. The summed E-state index contributed by atoms with van der Waals surface area (Å²) in [5, 5.41) is 2.89. The number of carbonyl (C=O) groups is 2. The van der Waals surface area contributed by atoms with E-state index in [9.17, 15) is 9.59 Å². The van der Waals surface area contributed by atoms with Crippen molar-refractivity contribution in [3.63, 3.8) is 0 Å². The zero-order chi connectivity index (χ0) is 20.1. The van der Waals surface area contributed by atoms with E-state index in [4.69, 9.17) is 0 Å². The third-order valence-corrected chi connectivity index (χ3v) is 7.04. The highest BCUT2D eigenvalue weighted by Gasteiger charge is 2.50. The lowest BCUT2D eigenvalue weighted by atomic mass is 9.59. The lowest BCUT2D eigenvalue weighted by Gasteiger charge is -2.44. The van der Waals surface area contributed by atoms with Gasteiger partial charge < -0.3 is 5.32 Å². The maximum absolute atomic E-state index is 13.4. The molecule has 4 nitrogen and oxygen atoms in total. The Morgan fingerprint density at radius 3 is 2.79 bits per heavy atom. The number of ketones is 1. The molecule has 1 N–H and O–H groups in total. The summed E-state index contributed by atoms with van der Waals surface area (Å²) in [6.45, 7) is 8.02. The van der Waals surface area contributed by atoms with Crippen molar-refractivity contribution in [1.29, 1.82) is 0 Å². The Hall–Kier alpha value is -2.27. The number of thiazole rings is 1. The first kappa shape index (κ1) is 19.1. The van der Waals surface area contributed by atoms with E-state index in [0.29, 0.717) is 6.42 Å². The summed E-state index contributed by atoms with van der Waals surface area (Å²) in [4.78, 5) is 30.9. The van der Waals surface area contributed by atoms with Crippen molar-refractivity contribution in [2.75, 3.05) is 5.32 Å². The highest BCUT2D eigenvalue weighted by atomic mass is 32.1. The summed E-state index contributed by atoms with van der Waals surface area (Å²) < 4.78 is 0. The number of amides is 1. The van der Waals surface area contributed by atoms with Crippen molar-refractivity contribution >= 4 is 28.7 Å². The number of nitrogens with one attached hydrogen (secondary N) is 1. The van der Waals surface area contributed by atoms with Gasteiger partial charge in [0.25, 0.3) is 0 Å². The van der Waals surface area contributed by atoms with Crippen LogP contribution in [0.15, 0.2) is 40.9 Å². The lowest BCUT2D eigenvalue weighted by molar-refractivity contribution is -0.119. The molecule has 5 heteroatoms. The predicted octanol–water partition coefficient (Wildman–Crippen LogP) is 5.04. The molecule has 0 bridgehead atoms.